The molecular formula is C14H9ClF2N2OS. The molecular weight excluding hydrogens is 318 g/mol. The molecule has 108 valence electrons. The molecule has 0 unspecified atom stereocenters. The molecule has 0 saturated carbocycles. The summed E-state index contributed by atoms with van der Waals surface area (Å²) in [5.41, 5.74) is 5.80. The number of hydrogen-bond donors (Lipinski definition) is 2. The van der Waals surface area contributed by atoms with Crippen LogP contribution >= 0.6 is 23.8 Å². The van der Waals surface area contributed by atoms with Gasteiger partial charge in [0.1, 0.15) is 16.6 Å². The number of halogens is 3. The molecule has 0 saturated heterocycles. The van der Waals surface area contributed by atoms with Crippen molar-refractivity contribution in [1.82, 2.24) is 0 Å². The predicted molar refractivity (Wildman–Crippen MR) is 81.7 cm³/mol. The maximum Gasteiger partial charge on any atom is 0.257 e. The largest absolute Gasteiger partial charge is 0.389 e. The smallest absolute Gasteiger partial charge is 0.257 e. The fourth-order valence-corrected chi connectivity index (χ4v) is 2.07. The van der Waals surface area contributed by atoms with E-state index in [1.165, 1.54) is 18.2 Å². The normalized spacial score (nSPS) is 10.2. The maximum atomic E-state index is 13.4. The lowest BCUT2D eigenvalue weighted by Gasteiger charge is -2.09. The lowest BCUT2D eigenvalue weighted by atomic mass is 10.1. The van der Waals surface area contributed by atoms with E-state index in [0.29, 0.717) is 5.69 Å². The van der Waals surface area contributed by atoms with Crippen molar-refractivity contribution >= 4 is 40.4 Å². The van der Waals surface area contributed by atoms with Gasteiger partial charge in [0.15, 0.2) is 0 Å². The Morgan fingerprint density at radius 1 is 1.14 bits per heavy atom. The summed E-state index contributed by atoms with van der Waals surface area (Å²) in [7, 11) is 0. The van der Waals surface area contributed by atoms with Gasteiger partial charge in [-0.25, -0.2) is 8.78 Å². The Morgan fingerprint density at radius 2 is 1.86 bits per heavy atom. The van der Waals surface area contributed by atoms with Crippen LogP contribution in [0.25, 0.3) is 0 Å². The monoisotopic (exact) mass is 326 g/mol. The average Bonchev–Trinajstić information content (AvgIpc) is 2.40. The second-order valence-corrected chi connectivity index (χ2v) is 4.98. The molecule has 0 radical (unpaired) electrons. The number of rotatable bonds is 3. The first-order valence-electron chi connectivity index (χ1n) is 5.74. The van der Waals surface area contributed by atoms with Crippen molar-refractivity contribution < 1.29 is 13.6 Å². The van der Waals surface area contributed by atoms with E-state index in [9.17, 15) is 13.6 Å². The summed E-state index contributed by atoms with van der Waals surface area (Å²) in [6, 6.07) is 7.20. The molecule has 3 N–H and O–H groups in total. The molecule has 0 aromatic heterocycles. The van der Waals surface area contributed by atoms with Crippen LogP contribution in [0.4, 0.5) is 14.5 Å². The van der Waals surface area contributed by atoms with Gasteiger partial charge < -0.3 is 11.1 Å². The van der Waals surface area contributed by atoms with Gasteiger partial charge in [0.05, 0.1) is 10.6 Å². The van der Waals surface area contributed by atoms with Gasteiger partial charge in [-0.1, -0.05) is 23.8 Å². The van der Waals surface area contributed by atoms with Crippen LogP contribution in [-0.2, 0) is 0 Å². The van der Waals surface area contributed by atoms with Crippen LogP contribution in [0.2, 0.25) is 5.02 Å². The number of carbonyl (C=O) groups is 1. The van der Waals surface area contributed by atoms with E-state index in [1.54, 1.807) is 0 Å². The van der Waals surface area contributed by atoms with Gasteiger partial charge in [0, 0.05) is 11.3 Å². The Morgan fingerprint density at radius 3 is 2.48 bits per heavy atom. The predicted octanol–water partition coefficient (Wildman–Crippen LogP) is 3.50. The number of benzene rings is 2. The standard InChI is InChI=1S/C14H9ClF2N2OS/c15-11-5-7(16)1-3-9(11)14(20)19-8-2-4-12(17)10(6-8)13(18)21/h1-6H,(H2,18,21)(H,19,20). The Kier molecular flexibility index (Phi) is 4.50. The zero-order valence-electron chi connectivity index (χ0n) is 10.5. The Labute approximate surface area is 129 Å². The number of hydrogen-bond acceptors (Lipinski definition) is 2. The first-order chi connectivity index (χ1) is 9.88. The van der Waals surface area contributed by atoms with Crippen molar-refractivity contribution in [3.63, 3.8) is 0 Å². The molecule has 2 aromatic carbocycles. The van der Waals surface area contributed by atoms with Crippen LogP contribution in [0, 0.1) is 11.6 Å². The highest BCUT2D eigenvalue weighted by Gasteiger charge is 2.13. The summed E-state index contributed by atoms with van der Waals surface area (Å²) in [5.74, 6) is -1.69. The summed E-state index contributed by atoms with van der Waals surface area (Å²) < 4.78 is 26.4. The molecule has 0 spiro atoms. The Hall–Kier alpha value is -2.05. The van der Waals surface area contributed by atoms with E-state index in [4.69, 9.17) is 29.6 Å². The van der Waals surface area contributed by atoms with Gasteiger partial charge in [-0.2, -0.15) is 0 Å². The average molecular weight is 327 g/mol. The van der Waals surface area contributed by atoms with Crippen LogP contribution < -0.4 is 11.1 Å². The van der Waals surface area contributed by atoms with E-state index in [2.05, 4.69) is 5.32 Å². The number of nitrogens with one attached hydrogen (secondary N) is 1. The van der Waals surface area contributed by atoms with Crippen LogP contribution in [0.1, 0.15) is 15.9 Å². The summed E-state index contributed by atoms with van der Waals surface area (Å²) in [6.45, 7) is 0. The first-order valence-corrected chi connectivity index (χ1v) is 6.53. The Bertz CT molecular complexity index is 737. The molecule has 2 rings (SSSR count). The molecule has 0 heterocycles. The second kappa shape index (κ2) is 6.15. The molecule has 0 atom stereocenters. The third kappa shape index (κ3) is 3.53. The van der Waals surface area contributed by atoms with Gasteiger partial charge in [0.2, 0.25) is 0 Å². The summed E-state index contributed by atoms with van der Waals surface area (Å²) >= 11 is 10.5. The van der Waals surface area contributed by atoms with Gasteiger partial charge >= 0.3 is 0 Å². The van der Waals surface area contributed by atoms with E-state index in [-0.39, 0.29) is 21.1 Å². The number of nitrogens with two attached hydrogens (primary N) is 1. The third-order valence-electron chi connectivity index (χ3n) is 2.67. The van der Waals surface area contributed by atoms with Crippen molar-refractivity contribution in [2.75, 3.05) is 5.32 Å². The van der Waals surface area contributed by atoms with Gasteiger partial charge in [0.25, 0.3) is 5.91 Å². The quantitative estimate of drug-likeness (QED) is 0.849. The van der Waals surface area contributed by atoms with Crippen molar-refractivity contribution in [2.24, 2.45) is 5.73 Å². The highest BCUT2D eigenvalue weighted by molar-refractivity contribution is 7.80. The van der Waals surface area contributed by atoms with Crippen molar-refractivity contribution in [3.8, 4) is 0 Å². The van der Waals surface area contributed by atoms with Crippen molar-refractivity contribution in [2.45, 2.75) is 0 Å². The topological polar surface area (TPSA) is 55.1 Å². The minimum Gasteiger partial charge on any atom is -0.389 e. The first kappa shape index (κ1) is 15.3. The number of thiocarbonyl (C=S) groups is 1. The highest BCUT2D eigenvalue weighted by atomic mass is 35.5. The molecule has 0 aliphatic rings. The van der Waals surface area contributed by atoms with Gasteiger partial charge in [-0.05, 0) is 36.4 Å². The fraction of sp³-hybridized carbons (Fsp3) is 0. The SMILES string of the molecule is NC(=S)c1cc(NC(=O)c2ccc(F)cc2Cl)ccc1F. The molecule has 0 bridgehead atoms. The van der Waals surface area contributed by atoms with Crippen molar-refractivity contribution in [3.05, 3.63) is 64.2 Å². The summed E-state index contributed by atoms with van der Waals surface area (Å²) in [6.07, 6.45) is 0. The molecule has 0 aliphatic heterocycles. The second-order valence-electron chi connectivity index (χ2n) is 4.14. The molecule has 0 aliphatic carbocycles. The van der Waals surface area contributed by atoms with Crippen LogP contribution in [0.3, 0.4) is 0 Å². The molecule has 7 heteroatoms. The minimum absolute atomic E-state index is 0.0213. The van der Waals surface area contributed by atoms with E-state index in [1.807, 2.05) is 0 Å². The van der Waals surface area contributed by atoms with Gasteiger partial charge in [-0.15, -0.1) is 0 Å². The summed E-state index contributed by atoms with van der Waals surface area (Å²) in [4.78, 5) is 11.9. The zero-order chi connectivity index (χ0) is 15.6. The van der Waals surface area contributed by atoms with Crippen molar-refractivity contribution in [1.29, 1.82) is 0 Å². The molecule has 2 aromatic rings. The number of carbonyl (C=O) groups excluding carboxylic acids is 1. The minimum atomic E-state index is -0.583. The van der Waals surface area contributed by atoms with Crippen LogP contribution in [0.5, 0.6) is 0 Å². The molecule has 1 amide bonds. The van der Waals surface area contributed by atoms with E-state index in [0.717, 1.165) is 18.2 Å². The molecule has 21 heavy (non-hydrogen) atoms. The number of amides is 1. The number of anilines is 1. The lowest BCUT2D eigenvalue weighted by molar-refractivity contribution is 0.102. The summed E-state index contributed by atoms with van der Waals surface area (Å²) in [5, 5.41) is 2.49. The van der Waals surface area contributed by atoms with Gasteiger partial charge in [-0.3, -0.25) is 4.79 Å². The molecule has 3 nitrogen and oxygen atoms in total. The van der Waals surface area contributed by atoms with Crippen LogP contribution in [-0.4, -0.2) is 10.9 Å². The lowest BCUT2D eigenvalue weighted by Crippen LogP contribution is -2.15. The molecule has 0 fully saturated rings. The third-order valence-corrected chi connectivity index (χ3v) is 3.20. The highest BCUT2D eigenvalue weighted by Crippen LogP contribution is 2.20. The zero-order valence-corrected chi connectivity index (χ0v) is 12.1. The Balaban J connectivity index is 2.27. The fourth-order valence-electron chi connectivity index (χ4n) is 1.66. The van der Waals surface area contributed by atoms with Crippen LogP contribution in [0.15, 0.2) is 36.4 Å². The maximum absolute atomic E-state index is 13.4. The van der Waals surface area contributed by atoms with E-state index < -0.39 is 17.5 Å². The van der Waals surface area contributed by atoms with E-state index >= 15 is 0 Å².